The Morgan fingerprint density at radius 3 is 1.61 bits per heavy atom. The van der Waals surface area contributed by atoms with Crippen molar-refractivity contribution in [1.82, 2.24) is 0 Å². The van der Waals surface area contributed by atoms with E-state index >= 15 is 0 Å². The van der Waals surface area contributed by atoms with Crippen LogP contribution in [-0.2, 0) is 10.8 Å². The van der Waals surface area contributed by atoms with Crippen LogP contribution >= 0.6 is 0 Å². The summed E-state index contributed by atoms with van der Waals surface area (Å²) in [7, 11) is 0. The Balaban J connectivity index is 1.27. The summed E-state index contributed by atoms with van der Waals surface area (Å²) in [6, 6.07) is 47.1. The minimum atomic E-state index is -0.124. The van der Waals surface area contributed by atoms with Gasteiger partial charge in [-0.05, 0) is 103 Å². The summed E-state index contributed by atoms with van der Waals surface area (Å²) in [5.41, 5.74) is 29.1. The first-order valence-corrected chi connectivity index (χ1v) is 20.3. The van der Waals surface area contributed by atoms with E-state index in [2.05, 4.69) is 193 Å². The first-order valence-electron chi connectivity index (χ1n) is 20.3. The standard InChI is InChI=1S/C53H47BN2/c1-30-20-22-35-39(28-30)52(6,7)37-14-12-18-45(47(35)37)55-43-16-10-11-17-44(43)56-50-41(15-13-19-46(50)55)54(49-33(4)26-32(3)27-34(49)5)42-25-24-38-48(51(42)56)36-23-21-31(2)29-40(36)53(38,8)9/h10-29H,1-9H3. The van der Waals surface area contributed by atoms with Crippen molar-refractivity contribution in [3.8, 4) is 22.3 Å². The molecule has 0 unspecified atom stereocenters. The smallest absolute Gasteiger partial charge is 0.247 e. The molecule has 0 N–H and O–H groups in total. The lowest BCUT2D eigenvalue weighted by atomic mass is 9.33. The Hall–Kier alpha value is -5.80. The minimum Gasteiger partial charge on any atom is -0.307 e. The third-order valence-electron chi connectivity index (χ3n) is 13.8. The van der Waals surface area contributed by atoms with E-state index in [4.69, 9.17) is 0 Å². The molecule has 272 valence electrons. The third-order valence-corrected chi connectivity index (χ3v) is 13.8. The molecule has 7 aromatic rings. The van der Waals surface area contributed by atoms with Gasteiger partial charge in [0.05, 0.1) is 28.4 Å². The highest BCUT2D eigenvalue weighted by molar-refractivity contribution is 6.98. The Kier molecular flexibility index (Phi) is 6.68. The molecule has 0 saturated carbocycles. The summed E-state index contributed by atoms with van der Waals surface area (Å²) in [4.78, 5) is 5.26. The highest BCUT2D eigenvalue weighted by Gasteiger charge is 2.48. The molecular weight excluding hydrogens is 675 g/mol. The predicted molar refractivity (Wildman–Crippen MR) is 239 cm³/mol. The van der Waals surface area contributed by atoms with Crippen LogP contribution in [0.15, 0.2) is 121 Å². The van der Waals surface area contributed by atoms with Gasteiger partial charge in [0.2, 0.25) is 6.71 Å². The lowest BCUT2D eigenvalue weighted by Crippen LogP contribution is -2.59. The number of nitrogens with zero attached hydrogens (tertiary/aromatic N) is 2. The Labute approximate surface area is 332 Å². The van der Waals surface area contributed by atoms with Crippen LogP contribution in [0.4, 0.5) is 34.1 Å². The molecule has 0 atom stereocenters. The highest BCUT2D eigenvalue weighted by atomic mass is 15.3. The zero-order chi connectivity index (χ0) is 38.6. The Morgan fingerprint density at radius 2 is 0.946 bits per heavy atom. The average molecular weight is 723 g/mol. The number of hydrogen-bond donors (Lipinski definition) is 0. The van der Waals surface area contributed by atoms with Crippen molar-refractivity contribution >= 4 is 57.2 Å². The van der Waals surface area contributed by atoms with Crippen LogP contribution in [0.1, 0.15) is 77.8 Å². The maximum atomic E-state index is 2.66. The number of rotatable bonds is 2. The Morgan fingerprint density at radius 1 is 0.411 bits per heavy atom. The summed E-state index contributed by atoms with van der Waals surface area (Å²) in [5, 5.41) is 0. The minimum absolute atomic E-state index is 0.0657. The van der Waals surface area contributed by atoms with E-state index in [1.165, 1.54) is 123 Å². The number of aryl methyl sites for hydroxylation is 5. The SMILES string of the molecule is Cc1cc(C)c(B2c3cccc4c3N(c3ccccc3N4c3cccc4c3-c3ccc(C)cc3C4(C)C)c3c2ccc2c3-c3ccc(C)cc3C2(C)C)c(C)c1. The number of hydrogen-bond acceptors (Lipinski definition) is 2. The van der Waals surface area contributed by atoms with Crippen LogP contribution in [0, 0.1) is 34.6 Å². The second-order valence-corrected chi connectivity index (χ2v) is 18.1. The van der Waals surface area contributed by atoms with Crippen LogP contribution in [0.2, 0.25) is 0 Å². The van der Waals surface area contributed by atoms with Gasteiger partial charge in [-0.25, -0.2) is 0 Å². The third kappa shape index (κ3) is 4.19. The quantitative estimate of drug-likeness (QED) is 0.164. The summed E-state index contributed by atoms with van der Waals surface area (Å²) < 4.78 is 0. The van der Waals surface area contributed by atoms with Crippen LogP contribution in [0.3, 0.4) is 0 Å². The van der Waals surface area contributed by atoms with E-state index < -0.39 is 0 Å². The van der Waals surface area contributed by atoms with Crippen LogP contribution in [-0.4, -0.2) is 6.71 Å². The molecule has 2 aliphatic carbocycles. The molecule has 2 aliphatic heterocycles. The van der Waals surface area contributed by atoms with E-state index in [9.17, 15) is 0 Å². The monoisotopic (exact) mass is 722 g/mol. The van der Waals surface area contributed by atoms with E-state index in [1.54, 1.807) is 0 Å². The van der Waals surface area contributed by atoms with Gasteiger partial charge in [-0.3, -0.25) is 0 Å². The summed E-state index contributed by atoms with van der Waals surface area (Å²) in [6.07, 6.45) is 0. The topological polar surface area (TPSA) is 6.48 Å². The fourth-order valence-corrected chi connectivity index (χ4v) is 11.4. The molecule has 7 aromatic carbocycles. The second-order valence-electron chi connectivity index (χ2n) is 18.1. The van der Waals surface area contributed by atoms with Crippen LogP contribution in [0.5, 0.6) is 0 Å². The summed E-state index contributed by atoms with van der Waals surface area (Å²) in [6.45, 7) is 21.0. The Bertz CT molecular complexity index is 2870. The lowest BCUT2D eigenvalue weighted by molar-refractivity contribution is 0.659. The fraction of sp³-hybridized carbons (Fsp3) is 0.208. The molecule has 56 heavy (non-hydrogen) atoms. The zero-order valence-electron chi connectivity index (χ0n) is 34.0. The molecule has 4 aliphatic rings. The molecule has 0 bridgehead atoms. The molecule has 0 aromatic heterocycles. The highest BCUT2D eigenvalue weighted by Crippen LogP contribution is 2.62. The predicted octanol–water partition coefficient (Wildman–Crippen LogP) is 11.9. The van der Waals surface area contributed by atoms with Crippen molar-refractivity contribution in [3.63, 3.8) is 0 Å². The molecule has 11 rings (SSSR count). The molecule has 2 heterocycles. The number of fused-ring (bicyclic) bond motifs is 11. The normalized spacial score (nSPS) is 15.8. The molecule has 0 amide bonds. The summed E-state index contributed by atoms with van der Waals surface area (Å²) >= 11 is 0. The average Bonchev–Trinajstić information content (AvgIpc) is 3.54. The van der Waals surface area contributed by atoms with Crippen molar-refractivity contribution in [2.75, 3.05) is 9.80 Å². The van der Waals surface area contributed by atoms with Gasteiger partial charge in [0, 0.05) is 27.6 Å². The van der Waals surface area contributed by atoms with E-state index in [0.717, 1.165) is 0 Å². The first kappa shape index (κ1) is 33.5. The molecular formula is C53H47BN2. The van der Waals surface area contributed by atoms with Gasteiger partial charge < -0.3 is 9.80 Å². The lowest BCUT2D eigenvalue weighted by Gasteiger charge is -2.47. The summed E-state index contributed by atoms with van der Waals surface area (Å²) in [5.74, 6) is 0. The van der Waals surface area contributed by atoms with Crippen molar-refractivity contribution in [2.24, 2.45) is 0 Å². The number of benzene rings is 7. The second kappa shape index (κ2) is 11.2. The van der Waals surface area contributed by atoms with Gasteiger partial charge >= 0.3 is 0 Å². The van der Waals surface area contributed by atoms with Gasteiger partial charge in [0.15, 0.2) is 0 Å². The van der Waals surface area contributed by atoms with E-state index in [-0.39, 0.29) is 17.5 Å². The largest absolute Gasteiger partial charge is 0.307 e. The fourth-order valence-electron chi connectivity index (χ4n) is 11.4. The molecule has 0 saturated heterocycles. The van der Waals surface area contributed by atoms with Gasteiger partial charge in [-0.2, -0.15) is 0 Å². The van der Waals surface area contributed by atoms with Gasteiger partial charge in [0.25, 0.3) is 0 Å². The van der Waals surface area contributed by atoms with Gasteiger partial charge in [-0.15, -0.1) is 0 Å². The molecule has 2 nitrogen and oxygen atoms in total. The number of anilines is 6. The molecule has 3 heteroatoms. The van der Waals surface area contributed by atoms with Crippen molar-refractivity contribution in [2.45, 2.75) is 73.1 Å². The van der Waals surface area contributed by atoms with Crippen LogP contribution in [0.25, 0.3) is 22.3 Å². The molecule has 0 fully saturated rings. The molecule has 0 spiro atoms. The van der Waals surface area contributed by atoms with E-state index in [1.807, 2.05) is 0 Å². The molecule has 0 radical (unpaired) electrons. The maximum Gasteiger partial charge on any atom is 0.247 e. The van der Waals surface area contributed by atoms with Crippen LogP contribution < -0.4 is 26.2 Å². The zero-order valence-corrected chi connectivity index (χ0v) is 34.0. The van der Waals surface area contributed by atoms with Crippen molar-refractivity contribution < 1.29 is 0 Å². The van der Waals surface area contributed by atoms with Crippen molar-refractivity contribution in [1.29, 1.82) is 0 Å². The van der Waals surface area contributed by atoms with Gasteiger partial charge in [-0.1, -0.05) is 158 Å². The number of para-hydroxylation sites is 3. The van der Waals surface area contributed by atoms with E-state index in [0.29, 0.717) is 0 Å². The van der Waals surface area contributed by atoms with Crippen molar-refractivity contribution in [3.05, 3.63) is 171 Å². The maximum absolute atomic E-state index is 2.66. The first-order chi connectivity index (χ1) is 26.9. The van der Waals surface area contributed by atoms with Gasteiger partial charge in [0.1, 0.15) is 0 Å².